The van der Waals surface area contributed by atoms with Crippen LogP contribution in [0.15, 0.2) is 24.3 Å². The first-order valence-corrected chi connectivity index (χ1v) is 8.60. The van der Waals surface area contributed by atoms with E-state index in [0.717, 1.165) is 12.8 Å². The molecule has 2 amide bonds. The molecule has 1 fully saturated rings. The van der Waals surface area contributed by atoms with Crippen LogP contribution in [-0.2, 0) is 11.2 Å². The van der Waals surface area contributed by atoms with Crippen molar-refractivity contribution in [3.8, 4) is 0 Å². The molecular formula is C16H17FN4O2S. The van der Waals surface area contributed by atoms with Gasteiger partial charge < -0.3 is 10.6 Å². The summed E-state index contributed by atoms with van der Waals surface area (Å²) in [5, 5.41) is 14.3. The first kappa shape index (κ1) is 16.5. The maximum Gasteiger partial charge on any atom is 0.286 e. The fourth-order valence-corrected chi connectivity index (χ4v) is 2.90. The number of carbonyl (C=O) groups is 2. The van der Waals surface area contributed by atoms with Gasteiger partial charge >= 0.3 is 0 Å². The van der Waals surface area contributed by atoms with Crippen LogP contribution >= 0.6 is 11.3 Å². The van der Waals surface area contributed by atoms with Crippen LogP contribution in [-0.4, -0.2) is 28.1 Å². The molecule has 8 heteroatoms. The van der Waals surface area contributed by atoms with E-state index in [1.807, 2.05) is 0 Å². The summed E-state index contributed by atoms with van der Waals surface area (Å²) in [6.07, 6.45) is 3.86. The Kier molecular flexibility index (Phi) is 5.14. The Hall–Kier alpha value is -2.35. The average Bonchev–Trinajstić information content (AvgIpc) is 3.22. The number of halogens is 1. The zero-order valence-corrected chi connectivity index (χ0v) is 13.7. The van der Waals surface area contributed by atoms with Crippen molar-refractivity contribution in [3.63, 3.8) is 0 Å². The topological polar surface area (TPSA) is 84.0 Å². The number of nitrogens with zero attached hydrogens (tertiary/aromatic N) is 2. The molecule has 0 saturated heterocycles. The standard InChI is InChI=1S/C16H17FN4O2S/c17-10-3-1-4-12(9-10)19-15(23)16-21-20-14(24-16)6-2-5-13(22)18-11-7-8-11/h1,3-4,9,11H,2,5-8H2,(H,18,22)(H,19,23). The Bertz CT molecular complexity index is 745. The third-order valence-corrected chi connectivity index (χ3v) is 4.46. The van der Waals surface area contributed by atoms with Gasteiger partial charge in [-0.3, -0.25) is 9.59 Å². The van der Waals surface area contributed by atoms with E-state index in [0.29, 0.717) is 36.0 Å². The highest BCUT2D eigenvalue weighted by Crippen LogP contribution is 2.19. The summed E-state index contributed by atoms with van der Waals surface area (Å²) in [5.74, 6) is -0.780. The van der Waals surface area contributed by atoms with Gasteiger partial charge in [0.15, 0.2) is 0 Å². The minimum atomic E-state index is -0.421. The summed E-state index contributed by atoms with van der Waals surface area (Å²) in [7, 11) is 0. The van der Waals surface area contributed by atoms with Crippen molar-refractivity contribution in [1.82, 2.24) is 15.5 Å². The van der Waals surface area contributed by atoms with Crippen LogP contribution in [0.25, 0.3) is 0 Å². The highest BCUT2D eigenvalue weighted by Gasteiger charge is 2.22. The van der Waals surface area contributed by atoms with Gasteiger partial charge in [0.2, 0.25) is 10.9 Å². The smallest absolute Gasteiger partial charge is 0.286 e. The third-order valence-electron chi connectivity index (χ3n) is 3.48. The molecule has 126 valence electrons. The Morgan fingerprint density at radius 3 is 2.88 bits per heavy atom. The first-order chi connectivity index (χ1) is 11.6. The predicted octanol–water partition coefficient (Wildman–Crippen LogP) is 2.53. The molecule has 1 aliphatic carbocycles. The SMILES string of the molecule is O=C(CCCc1nnc(C(=O)Nc2cccc(F)c2)s1)NC1CC1. The predicted molar refractivity (Wildman–Crippen MR) is 88.4 cm³/mol. The van der Waals surface area contributed by atoms with Crippen molar-refractivity contribution >= 4 is 28.8 Å². The van der Waals surface area contributed by atoms with E-state index in [2.05, 4.69) is 20.8 Å². The minimum absolute atomic E-state index is 0.0612. The van der Waals surface area contributed by atoms with E-state index in [1.54, 1.807) is 6.07 Å². The van der Waals surface area contributed by atoms with E-state index in [1.165, 1.54) is 29.5 Å². The van der Waals surface area contributed by atoms with Gasteiger partial charge in [0.25, 0.3) is 5.91 Å². The van der Waals surface area contributed by atoms with Crippen molar-refractivity contribution in [2.75, 3.05) is 5.32 Å². The van der Waals surface area contributed by atoms with E-state index in [9.17, 15) is 14.0 Å². The van der Waals surface area contributed by atoms with Gasteiger partial charge in [0.1, 0.15) is 10.8 Å². The van der Waals surface area contributed by atoms with Crippen molar-refractivity contribution in [1.29, 1.82) is 0 Å². The highest BCUT2D eigenvalue weighted by atomic mass is 32.1. The lowest BCUT2D eigenvalue weighted by molar-refractivity contribution is -0.121. The molecule has 0 spiro atoms. The van der Waals surface area contributed by atoms with Crippen molar-refractivity contribution < 1.29 is 14.0 Å². The molecule has 0 atom stereocenters. The maximum atomic E-state index is 13.1. The van der Waals surface area contributed by atoms with Gasteiger partial charge in [-0.2, -0.15) is 0 Å². The third kappa shape index (κ3) is 4.82. The van der Waals surface area contributed by atoms with Crippen molar-refractivity contribution in [2.45, 2.75) is 38.1 Å². The summed E-state index contributed by atoms with van der Waals surface area (Å²) in [5.41, 5.74) is 0.369. The van der Waals surface area contributed by atoms with Crippen LogP contribution in [0.1, 0.15) is 40.5 Å². The van der Waals surface area contributed by atoms with Crippen LogP contribution in [0.2, 0.25) is 0 Å². The monoisotopic (exact) mass is 348 g/mol. The molecule has 1 aromatic carbocycles. The number of aryl methyl sites for hydroxylation is 1. The van der Waals surface area contributed by atoms with E-state index < -0.39 is 11.7 Å². The van der Waals surface area contributed by atoms with Crippen LogP contribution in [0.3, 0.4) is 0 Å². The lowest BCUT2D eigenvalue weighted by Crippen LogP contribution is -2.24. The molecule has 3 rings (SSSR count). The minimum Gasteiger partial charge on any atom is -0.353 e. The van der Waals surface area contributed by atoms with Gasteiger partial charge in [-0.1, -0.05) is 17.4 Å². The Labute approximate surface area is 142 Å². The normalized spacial score (nSPS) is 13.5. The molecule has 0 unspecified atom stereocenters. The Balaban J connectivity index is 1.47. The lowest BCUT2D eigenvalue weighted by atomic mass is 10.2. The zero-order valence-electron chi connectivity index (χ0n) is 12.9. The molecule has 2 aromatic rings. The lowest BCUT2D eigenvalue weighted by Gasteiger charge is -2.02. The van der Waals surface area contributed by atoms with Gasteiger partial charge in [-0.05, 0) is 37.5 Å². The number of aromatic nitrogens is 2. The molecule has 1 aromatic heterocycles. The maximum absolute atomic E-state index is 13.1. The zero-order chi connectivity index (χ0) is 16.9. The Morgan fingerprint density at radius 2 is 2.12 bits per heavy atom. The van der Waals surface area contributed by atoms with Crippen LogP contribution in [0.4, 0.5) is 10.1 Å². The summed E-state index contributed by atoms with van der Waals surface area (Å²) in [6.45, 7) is 0. The number of amides is 2. The molecule has 6 nitrogen and oxygen atoms in total. The number of anilines is 1. The number of rotatable bonds is 7. The summed E-state index contributed by atoms with van der Waals surface area (Å²) in [6, 6.07) is 6.03. The first-order valence-electron chi connectivity index (χ1n) is 7.79. The number of nitrogens with one attached hydrogen (secondary N) is 2. The number of benzene rings is 1. The number of hydrogen-bond acceptors (Lipinski definition) is 5. The molecule has 0 aliphatic heterocycles. The van der Waals surface area contributed by atoms with E-state index >= 15 is 0 Å². The Morgan fingerprint density at radius 1 is 1.29 bits per heavy atom. The van der Waals surface area contributed by atoms with Crippen LogP contribution in [0, 0.1) is 5.82 Å². The molecule has 24 heavy (non-hydrogen) atoms. The van der Waals surface area contributed by atoms with Gasteiger partial charge in [-0.25, -0.2) is 4.39 Å². The summed E-state index contributed by atoms with van der Waals surface area (Å²) >= 11 is 1.18. The molecule has 0 radical (unpaired) electrons. The quantitative estimate of drug-likeness (QED) is 0.805. The second-order valence-corrected chi connectivity index (χ2v) is 6.72. The van der Waals surface area contributed by atoms with Gasteiger partial charge in [0.05, 0.1) is 0 Å². The van der Waals surface area contributed by atoms with E-state index in [-0.39, 0.29) is 10.9 Å². The largest absolute Gasteiger partial charge is 0.353 e. The molecule has 0 bridgehead atoms. The molecule has 1 saturated carbocycles. The molecule has 1 aliphatic rings. The fraction of sp³-hybridized carbons (Fsp3) is 0.375. The summed E-state index contributed by atoms with van der Waals surface area (Å²) in [4.78, 5) is 23.6. The highest BCUT2D eigenvalue weighted by molar-refractivity contribution is 7.13. The van der Waals surface area contributed by atoms with Gasteiger partial charge in [-0.15, -0.1) is 10.2 Å². The molecular weight excluding hydrogens is 331 g/mol. The molecule has 2 N–H and O–H groups in total. The van der Waals surface area contributed by atoms with Gasteiger partial charge in [0, 0.05) is 24.6 Å². The fourth-order valence-electron chi connectivity index (χ4n) is 2.12. The van der Waals surface area contributed by atoms with Crippen LogP contribution in [0.5, 0.6) is 0 Å². The van der Waals surface area contributed by atoms with E-state index in [4.69, 9.17) is 0 Å². The second kappa shape index (κ2) is 7.48. The van der Waals surface area contributed by atoms with Crippen LogP contribution < -0.4 is 10.6 Å². The van der Waals surface area contributed by atoms with Crippen molar-refractivity contribution in [2.24, 2.45) is 0 Å². The second-order valence-electron chi connectivity index (χ2n) is 5.66. The van der Waals surface area contributed by atoms with Crippen molar-refractivity contribution in [3.05, 3.63) is 40.1 Å². The number of carbonyl (C=O) groups excluding carboxylic acids is 2. The molecule has 1 heterocycles. The average molecular weight is 348 g/mol. The summed E-state index contributed by atoms with van der Waals surface area (Å²) < 4.78 is 13.1. The number of hydrogen-bond donors (Lipinski definition) is 2.